The van der Waals surface area contributed by atoms with E-state index in [0.29, 0.717) is 12.4 Å². The van der Waals surface area contributed by atoms with Gasteiger partial charge >= 0.3 is 0 Å². The average Bonchev–Trinajstić information content (AvgIpc) is 2.35. The van der Waals surface area contributed by atoms with Gasteiger partial charge in [-0.15, -0.1) is 0 Å². The van der Waals surface area contributed by atoms with Gasteiger partial charge in [-0.25, -0.2) is 4.98 Å². The van der Waals surface area contributed by atoms with Crippen LogP contribution >= 0.6 is 0 Å². The molecule has 19 heavy (non-hydrogen) atoms. The van der Waals surface area contributed by atoms with Crippen LogP contribution in [0.3, 0.4) is 0 Å². The average molecular weight is 267 g/mol. The van der Waals surface area contributed by atoms with Gasteiger partial charge < -0.3 is 10.1 Å². The minimum absolute atomic E-state index is 0.0645. The van der Waals surface area contributed by atoms with Crippen molar-refractivity contribution < 1.29 is 5.11 Å². The number of aromatic amines is 1. The lowest BCUT2D eigenvalue weighted by atomic mass is 9.83. The third-order valence-electron chi connectivity index (χ3n) is 3.79. The van der Waals surface area contributed by atoms with Gasteiger partial charge in [0.1, 0.15) is 5.82 Å². The lowest BCUT2D eigenvalue weighted by molar-refractivity contribution is 0.0726. The Balaban J connectivity index is 2.74. The van der Waals surface area contributed by atoms with Crippen molar-refractivity contribution in [1.29, 1.82) is 0 Å². The van der Waals surface area contributed by atoms with Crippen LogP contribution in [0.15, 0.2) is 10.9 Å². The van der Waals surface area contributed by atoms with E-state index in [0.717, 1.165) is 25.1 Å². The minimum Gasteiger partial charge on any atom is -0.396 e. The fourth-order valence-electron chi connectivity index (χ4n) is 2.37. The number of aliphatic hydroxyl groups excluding tert-OH is 1. The Labute approximate surface area is 114 Å². The van der Waals surface area contributed by atoms with Crippen LogP contribution in [0.1, 0.15) is 38.2 Å². The minimum atomic E-state index is -0.115. The fourth-order valence-corrected chi connectivity index (χ4v) is 2.37. The van der Waals surface area contributed by atoms with Gasteiger partial charge in [0.15, 0.2) is 0 Å². The fraction of sp³-hybridized carbons (Fsp3) is 0.714. The molecule has 0 atom stereocenters. The lowest BCUT2D eigenvalue weighted by Gasteiger charge is -2.33. The van der Waals surface area contributed by atoms with E-state index in [2.05, 4.69) is 28.7 Å². The van der Waals surface area contributed by atoms with Gasteiger partial charge in [0.05, 0.1) is 5.69 Å². The quantitative estimate of drug-likeness (QED) is 0.781. The number of nitrogens with zero attached hydrogens (tertiary/aromatic N) is 2. The van der Waals surface area contributed by atoms with Crippen LogP contribution < -0.4 is 5.56 Å². The Morgan fingerprint density at radius 2 is 2.05 bits per heavy atom. The van der Waals surface area contributed by atoms with Crippen LogP contribution in [0.4, 0.5) is 0 Å². The lowest BCUT2D eigenvalue weighted by Crippen LogP contribution is -2.37. The summed E-state index contributed by atoms with van der Waals surface area (Å²) < 4.78 is 0. The summed E-state index contributed by atoms with van der Waals surface area (Å²) >= 11 is 0. The third-order valence-corrected chi connectivity index (χ3v) is 3.79. The monoisotopic (exact) mass is 267 g/mol. The molecule has 1 heterocycles. The van der Waals surface area contributed by atoms with Crippen molar-refractivity contribution in [2.75, 3.05) is 20.2 Å². The van der Waals surface area contributed by atoms with Crippen LogP contribution in [-0.4, -0.2) is 40.2 Å². The van der Waals surface area contributed by atoms with Gasteiger partial charge in [-0.05, 0) is 26.8 Å². The molecule has 1 aromatic rings. The smallest absolute Gasteiger partial charge is 0.251 e. The number of nitrogens with one attached hydrogen (secondary N) is 1. The van der Waals surface area contributed by atoms with Gasteiger partial charge in [-0.3, -0.25) is 9.69 Å². The number of aromatic nitrogens is 2. The summed E-state index contributed by atoms with van der Waals surface area (Å²) in [4.78, 5) is 20.5. The summed E-state index contributed by atoms with van der Waals surface area (Å²) in [5, 5.41) is 9.58. The molecule has 0 aliphatic rings. The van der Waals surface area contributed by atoms with Gasteiger partial charge in [0.2, 0.25) is 0 Å². The first kappa shape index (κ1) is 15.9. The molecule has 0 saturated carbocycles. The molecule has 0 aliphatic heterocycles. The van der Waals surface area contributed by atoms with Crippen LogP contribution in [0.2, 0.25) is 0 Å². The van der Waals surface area contributed by atoms with Crippen molar-refractivity contribution >= 4 is 0 Å². The standard InChI is InChI=1S/C14H25N3O2/c1-5-14(6-2,10-18)9-17(4)8-12-7-13(19)16-11(3)15-12/h7,18H,5-6,8-10H2,1-4H3,(H,15,16,19). The Morgan fingerprint density at radius 1 is 1.42 bits per heavy atom. The molecular formula is C14H25N3O2. The number of aliphatic hydroxyl groups is 1. The molecule has 1 rings (SSSR count). The maximum absolute atomic E-state index is 11.4. The van der Waals surface area contributed by atoms with E-state index in [1.807, 2.05) is 7.05 Å². The van der Waals surface area contributed by atoms with Gasteiger partial charge in [0, 0.05) is 31.2 Å². The second-order valence-electron chi connectivity index (χ2n) is 5.36. The predicted molar refractivity (Wildman–Crippen MR) is 76.0 cm³/mol. The molecular weight excluding hydrogens is 242 g/mol. The number of hydrogen-bond donors (Lipinski definition) is 2. The molecule has 0 spiro atoms. The van der Waals surface area contributed by atoms with Gasteiger partial charge in [-0.2, -0.15) is 0 Å². The van der Waals surface area contributed by atoms with Crippen molar-refractivity contribution in [2.24, 2.45) is 5.41 Å². The molecule has 108 valence electrons. The Hall–Kier alpha value is -1.20. The summed E-state index contributed by atoms with van der Waals surface area (Å²) in [7, 11) is 1.99. The molecule has 0 amide bonds. The zero-order chi connectivity index (χ0) is 14.5. The maximum Gasteiger partial charge on any atom is 0.251 e. The first-order valence-corrected chi connectivity index (χ1v) is 6.81. The van der Waals surface area contributed by atoms with Gasteiger partial charge in [0.25, 0.3) is 5.56 Å². The van der Waals surface area contributed by atoms with E-state index in [1.165, 1.54) is 6.07 Å². The first-order chi connectivity index (χ1) is 8.94. The second-order valence-corrected chi connectivity index (χ2v) is 5.36. The van der Waals surface area contributed by atoms with Crippen molar-refractivity contribution in [1.82, 2.24) is 14.9 Å². The van der Waals surface area contributed by atoms with E-state index >= 15 is 0 Å². The summed E-state index contributed by atoms with van der Waals surface area (Å²) in [6, 6.07) is 1.53. The number of aryl methyl sites for hydroxylation is 1. The molecule has 5 heteroatoms. The summed E-state index contributed by atoms with van der Waals surface area (Å²) in [6.45, 7) is 7.58. The molecule has 0 aromatic carbocycles. The topological polar surface area (TPSA) is 69.2 Å². The molecule has 0 unspecified atom stereocenters. The highest BCUT2D eigenvalue weighted by atomic mass is 16.3. The molecule has 2 N–H and O–H groups in total. The van der Waals surface area contributed by atoms with E-state index in [9.17, 15) is 9.90 Å². The first-order valence-electron chi connectivity index (χ1n) is 6.81. The molecule has 0 bridgehead atoms. The predicted octanol–water partition coefficient (Wildman–Crippen LogP) is 1.31. The number of hydrogen-bond acceptors (Lipinski definition) is 4. The van der Waals surface area contributed by atoms with Gasteiger partial charge in [-0.1, -0.05) is 13.8 Å². The molecule has 5 nitrogen and oxygen atoms in total. The second kappa shape index (κ2) is 6.82. The summed E-state index contributed by atoms with van der Waals surface area (Å²) in [5.74, 6) is 0.635. The number of H-pyrrole nitrogens is 1. The Kier molecular flexibility index (Phi) is 5.69. The maximum atomic E-state index is 11.4. The largest absolute Gasteiger partial charge is 0.396 e. The van der Waals surface area contributed by atoms with E-state index in [-0.39, 0.29) is 17.6 Å². The van der Waals surface area contributed by atoms with Crippen molar-refractivity contribution in [3.05, 3.63) is 27.9 Å². The summed E-state index contributed by atoms with van der Waals surface area (Å²) in [6.07, 6.45) is 1.87. The molecule has 0 fully saturated rings. The highest BCUT2D eigenvalue weighted by Crippen LogP contribution is 2.26. The van der Waals surface area contributed by atoms with Crippen molar-refractivity contribution in [3.8, 4) is 0 Å². The van der Waals surface area contributed by atoms with E-state index < -0.39 is 0 Å². The highest BCUT2D eigenvalue weighted by molar-refractivity contribution is 5.02. The van der Waals surface area contributed by atoms with E-state index in [4.69, 9.17) is 0 Å². The van der Waals surface area contributed by atoms with Crippen molar-refractivity contribution in [2.45, 2.75) is 40.2 Å². The van der Waals surface area contributed by atoms with Crippen LogP contribution in [-0.2, 0) is 6.54 Å². The third kappa shape index (κ3) is 4.44. The molecule has 0 saturated heterocycles. The van der Waals surface area contributed by atoms with Crippen LogP contribution in [0.25, 0.3) is 0 Å². The van der Waals surface area contributed by atoms with Crippen molar-refractivity contribution in [3.63, 3.8) is 0 Å². The highest BCUT2D eigenvalue weighted by Gasteiger charge is 2.26. The zero-order valence-electron chi connectivity index (χ0n) is 12.4. The van der Waals surface area contributed by atoms with Crippen LogP contribution in [0.5, 0.6) is 0 Å². The molecule has 0 aliphatic carbocycles. The Bertz CT molecular complexity index is 444. The molecule has 1 aromatic heterocycles. The summed E-state index contributed by atoms with van der Waals surface area (Å²) in [5.41, 5.74) is 0.587. The Morgan fingerprint density at radius 3 is 2.53 bits per heavy atom. The SMILES string of the molecule is CCC(CC)(CO)CN(C)Cc1cc(=O)[nH]c(C)n1. The van der Waals surface area contributed by atoms with E-state index in [1.54, 1.807) is 6.92 Å². The number of rotatable bonds is 7. The normalized spacial score (nSPS) is 12.1. The van der Waals surface area contributed by atoms with Crippen LogP contribution in [0, 0.1) is 12.3 Å². The zero-order valence-corrected chi connectivity index (χ0v) is 12.4. The molecule has 0 radical (unpaired) electrons.